The number of amides is 1. The van der Waals surface area contributed by atoms with Crippen molar-refractivity contribution in [2.24, 2.45) is 0 Å². The van der Waals surface area contributed by atoms with Crippen molar-refractivity contribution in [3.05, 3.63) is 65.7 Å². The van der Waals surface area contributed by atoms with Gasteiger partial charge in [-0.3, -0.25) is 4.79 Å². The molecular formula is C20H22N2O4S. The molecule has 0 aliphatic heterocycles. The molecule has 1 amide bonds. The number of ether oxygens (including phenoxy) is 1. The van der Waals surface area contributed by atoms with E-state index in [1.54, 1.807) is 36.4 Å². The molecular weight excluding hydrogens is 364 g/mol. The van der Waals surface area contributed by atoms with Gasteiger partial charge in [0.1, 0.15) is 5.75 Å². The summed E-state index contributed by atoms with van der Waals surface area (Å²) in [4.78, 5) is 11.8. The lowest BCUT2D eigenvalue weighted by molar-refractivity contribution is -0.123. The van der Waals surface area contributed by atoms with Crippen molar-refractivity contribution in [3.63, 3.8) is 0 Å². The second kappa shape index (κ2) is 10.3. The zero-order chi connectivity index (χ0) is 19.5. The van der Waals surface area contributed by atoms with Crippen molar-refractivity contribution < 1.29 is 17.9 Å². The predicted molar refractivity (Wildman–Crippen MR) is 103 cm³/mol. The van der Waals surface area contributed by atoms with Gasteiger partial charge in [-0.25, -0.2) is 8.42 Å². The highest BCUT2D eigenvalue weighted by Crippen LogP contribution is 2.12. The van der Waals surface area contributed by atoms with Gasteiger partial charge >= 0.3 is 0 Å². The molecule has 0 aliphatic carbocycles. The van der Waals surface area contributed by atoms with Gasteiger partial charge in [0.05, 0.1) is 24.0 Å². The molecule has 2 aromatic carbocycles. The van der Waals surface area contributed by atoms with E-state index >= 15 is 0 Å². The molecule has 7 heteroatoms. The fourth-order valence-electron chi connectivity index (χ4n) is 2.41. The van der Waals surface area contributed by atoms with Crippen molar-refractivity contribution >= 4 is 15.7 Å². The lowest BCUT2D eigenvalue weighted by Gasteiger charge is -2.08. The van der Waals surface area contributed by atoms with Gasteiger partial charge in [-0.15, -0.1) is 0 Å². The van der Waals surface area contributed by atoms with Crippen LogP contribution in [0.15, 0.2) is 54.6 Å². The number of sulfone groups is 1. The lowest BCUT2D eigenvalue weighted by atomic mass is 10.2. The van der Waals surface area contributed by atoms with Crippen LogP contribution in [0, 0.1) is 11.3 Å². The maximum absolute atomic E-state index is 12.1. The van der Waals surface area contributed by atoms with E-state index in [1.165, 1.54) is 0 Å². The minimum Gasteiger partial charge on any atom is -0.484 e. The van der Waals surface area contributed by atoms with Gasteiger partial charge in [-0.2, -0.15) is 5.26 Å². The minimum atomic E-state index is -3.20. The molecule has 0 spiro atoms. The van der Waals surface area contributed by atoms with E-state index in [0.717, 1.165) is 11.1 Å². The fourth-order valence-corrected chi connectivity index (χ4v) is 3.84. The summed E-state index contributed by atoms with van der Waals surface area (Å²) in [5, 5.41) is 11.3. The van der Waals surface area contributed by atoms with E-state index in [1.807, 2.05) is 18.2 Å². The van der Waals surface area contributed by atoms with Gasteiger partial charge in [0, 0.05) is 6.54 Å². The molecule has 0 aliphatic rings. The standard InChI is InChI=1S/C20H22N2O4S/c21-12-11-17-7-9-19(10-8-17)26-15-20(23)22-13-4-14-27(24,25)16-18-5-2-1-3-6-18/h1-3,5-10H,4,11,13-16H2,(H,22,23). The van der Waals surface area contributed by atoms with Gasteiger partial charge in [0.15, 0.2) is 16.4 Å². The number of nitriles is 1. The van der Waals surface area contributed by atoms with Crippen molar-refractivity contribution in [2.45, 2.75) is 18.6 Å². The molecule has 1 N–H and O–H groups in total. The molecule has 0 bridgehead atoms. The molecule has 0 saturated carbocycles. The number of nitrogens with one attached hydrogen (secondary N) is 1. The first kappa shape index (κ1) is 20.5. The Bertz CT molecular complexity index is 872. The second-order valence-corrected chi connectivity index (χ2v) is 8.23. The van der Waals surface area contributed by atoms with Gasteiger partial charge < -0.3 is 10.1 Å². The van der Waals surface area contributed by atoms with Crippen LogP contribution in [-0.4, -0.2) is 33.2 Å². The number of hydrogen-bond donors (Lipinski definition) is 1. The lowest BCUT2D eigenvalue weighted by Crippen LogP contribution is -2.30. The summed E-state index contributed by atoms with van der Waals surface area (Å²) in [6.07, 6.45) is 0.678. The molecule has 0 atom stereocenters. The van der Waals surface area contributed by atoms with Crippen LogP contribution in [0.4, 0.5) is 0 Å². The first-order valence-electron chi connectivity index (χ1n) is 8.58. The molecule has 0 radical (unpaired) electrons. The Morgan fingerprint density at radius 3 is 2.41 bits per heavy atom. The van der Waals surface area contributed by atoms with Crippen molar-refractivity contribution in [1.82, 2.24) is 5.32 Å². The number of carbonyl (C=O) groups is 1. The Morgan fingerprint density at radius 2 is 1.74 bits per heavy atom. The average molecular weight is 386 g/mol. The van der Waals surface area contributed by atoms with Crippen LogP contribution >= 0.6 is 0 Å². The highest BCUT2D eigenvalue weighted by Gasteiger charge is 2.12. The van der Waals surface area contributed by atoms with Crippen LogP contribution in [0.3, 0.4) is 0 Å². The van der Waals surface area contributed by atoms with E-state index in [2.05, 4.69) is 11.4 Å². The summed E-state index contributed by atoms with van der Waals surface area (Å²) < 4.78 is 29.5. The molecule has 2 aromatic rings. The van der Waals surface area contributed by atoms with Crippen LogP contribution in [-0.2, 0) is 26.8 Å². The Labute approximate surface area is 159 Å². The Balaban J connectivity index is 1.65. The molecule has 0 fully saturated rings. The third-order valence-electron chi connectivity index (χ3n) is 3.76. The van der Waals surface area contributed by atoms with Gasteiger partial charge in [-0.1, -0.05) is 42.5 Å². The van der Waals surface area contributed by atoms with Crippen LogP contribution in [0.5, 0.6) is 5.75 Å². The smallest absolute Gasteiger partial charge is 0.257 e. The second-order valence-electron chi connectivity index (χ2n) is 6.05. The SMILES string of the molecule is N#CCc1ccc(OCC(=O)NCCCS(=O)(=O)Cc2ccccc2)cc1. The van der Waals surface area contributed by atoms with E-state index in [4.69, 9.17) is 10.00 Å². The Kier molecular flexibility index (Phi) is 7.83. The number of rotatable bonds is 10. The summed E-state index contributed by atoms with van der Waals surface area (Å²) in [5.41, 5.74) is 1.64. The number of benzene rings is 2. The maximum Gasteiger partial charge on any atom is 0.257 e. The Hall–Kier alpha value is -2.85. The largest absolute Gasteiger partial charge is 0.484 e. The molecule has 6 nitrogen and oxygen atoms in total. The fraction of sp³-hybridized carbons (Fsp3) is 0.300. The van der Waals surface area contributed by atoms with Crippen LogP contribution < -0.4 is 10.1 Å². The van der Waals surface area contributed by atoms with Crippen molar-refractivity contribution in [3.8, 4) is 11.8 Å². The van der Waals surface area contributed by atoms with E-state index in [9.17, 15) is 13.2 Å². The molecule has 2 rings (SSSR count). The molecule has 142 valence electrons. The summed E-state index contributed by atoms with van der Waals surface area (Å²) in [6, 6.07) is 18.0. The maximum atomic E-state index is 12.1. The molecule has 0 saturated heterocycles. The third kappa shape index (κ3) is 7.92. The summed E-state index contributed by atoms with van der Waals surface area (Å²) in [5.74, 6) is 0.254. The summed E-state index contributed by atoms with van der Waals surface area (Å²) in [7, 11) is -3.20. The van der Waals surface area contributed by atoms with Gasteiger partial charge in [0.25, 0.3) is 5.91 Å². The van der Waals surface area contributed by atoms with Crippen LogP contribution in [0.1, 0.15) is 17.5 Å². The minimum absolute atomic E-state index is 0.00664. The van der Waals surface area contributed by atoms with Gasteiger partial charge in [0.2, 0.25) is 0 Å². The molecule has 0 unspecified atom stereocenters. The highest BCUT2D eigenvalue weighted by atomic mass is 32.2. The van der Waals surface area contributed by atoms with Crippen molar-refractivity contribution in [1.29, 1.82) is 5.26 Å². The monoisotopic (exact) mass is 386 g/mol. The number of carbonyl (C=O) groups excluding carboxylic acids is 1. The molecule has 0 heterocycles. The molecule has 27 heavy (non-hydrogen) atoms. The average Bonchev–Trinajstić information content (AvgIpc) is 2.65. The Morgan fingerprint density at radius 1 is 1.04 bits per heavy atom. The summed E-state index contributed by atoms with van der Waals surface area (Å²) in [6.45, 7) is 0.131. The highest BCUT2D eigenvalue weighted by molar-refractivity contribution is 7.90. The molecule has 0 aromatic heterocycles. The van der Waals surface area contributed by atoms with E-state index in [-0.39, 0.29) is 30.6 Å². The first-order valence-corrected chi connectivity index (χ1v) is 10.4. The summed E-state index contributed by atoms with van der Waals surface area (Å²) >= 11 is 0. The zero-order valence-corrected chi connectivity index (χ0v) is 15.7. The topological polar surface area (TPSA) is 96.3 Å². The number of hydrogen-bond acceptors (Lipinski definition) is 5. The van der Waals surface area contributed by atoms with Crippen molar-refractivity contribution in [2.75, 3.05) is 18.9 Å². The third-order valence-corrected chi connectivity index (χ3v) is 5.44. The predicted octanol–water partition coefficient (Wildman–Crippen LogP) is 2.25. The number of nitrogens with zero attached hydrogens (tertiary/aromatic N) is 1. The first-order chi connectivity index (χ1) is 13.0. The zero-order valence-electron chi connectivity index (χ0n) is 14.9. The van der Waals surface area contributed by atoms with Crippen LogP contribution in [0.25, 0.3) is 0 Å². The quantitative estimate of drug-likeness (QED) is 0.632. The van der Waals surface area contributed by atoms with Gasteiger partial charge in [-0.05, 0) is 29.7 Å². The normalized spacial score (nSPS) is 10.8. The van der Waals surface area contributed by atoms with E-state index in [0.29, 0.717) is 18.6 Å². The van der Waals surface area contributed by atoms with E-state index < -0.39 is 9.84 Å². The van der Waals surface area contributed by atoms with Crippen LogP contribution in [0.2, 0.25) is 0 Å².